The number of hydrogen-bond donors (Lipinski definition) is 3. The highest BCUT2D eigenvalue weighted by molar-refractivity contribution is 5.90. The van der Waals surface area contributed by atoms with E-state index in [1.807, 2.05) is 20.8 Å². The molecular weight excluding hydrogens is 308 g/mol. The topological polar surface area (TPSA) is 96.7 Å². The van der Waals surface area contributed by atoms with Gasteiger partial charge in [0.2, 0.25) is 0 Å². The van der Waals surface area contributed by atoms with Crippen molar-refractivity contribution in [2.45, 2.75) is 45.3 Å². The third-order valence-corrected chi connectivity index (χ3v) is 3.55. The first kappa shape index (κ1) is 17.9. The Morgan fingerprint density at radius 2 is 2.08 bits per heavy atom. The Morgan fingerprint density at radius 1 is 1.33 bits per heavy atom. The lowest BCUT2D eigenvalue weighted by atomic mass is 10.1. The van der Waals surface area contributed by atoms with E-state index < -0.39 is 5.60 Å². The van der Waals surface area contributed by atoms with Crippen LogP contribution >= 0.6 is 0 Å². The molecule has 7 heteroatoms. The van der Waals surface area contributed by atoms with E-state index in [9.17, 15) is 9.59 Å². The van der Waals surface area contributed by atoms with Gasteiger partial charge in [-0.25, -0.2) is 9.59 Å². The maximum atomic E-state index is 12.1. The van der Waals surface area contributed by atoms with E-state index in [0.29, 0.717) is 24.5 Å². The second kappa shape index (κ2) is 7.42. The van der Waals surface area contributed by atoms with Gasteiger partial charge in [-0.15, -0.1) is 0 Å². The maximum absolute atomic E-state index is 12.1. The van der Waals surface area contributed by atoms with Crippen LogP contribution in [0.3, 0.4) is 0 Å². The number of benzene rings is 1. The van der Waals surface area contributed by atoms with Gasteiger partial charge in [0.25, 0.3) is 0 Å². The summed E-state index contributed by atoms with van der Waals surface area (Å²) in [6.45, 7) is 6.60. The fourth-order valence-corrected chi connectivity index (χ4v) is 2.56. The van der Waals surface area contributed by atoms with E-state index in [4.69, 9.17) is 10.5 Å². The number of amides is 3. The minimum atomic E-state index is -0.526. The molecule has 2 rings (SSSR count). The molecule has 7 nitrogen and oxygen atoms in total. The predicted octanol–water partition coefficient (Wildman–Crippen LogP) is 2.79. The van der Waals surface area contributed by atoms with Crippen LogP contribution in [0.1, 0.15) is 33.6 Å². The fourth-order valence-electron chi connectivity index (χ4n) is 2.56. The molecule has 1 heterocycles. The molecule has 0 aromatic heterocycles. The van der Waals surface area contributed by atoms with Crippen molar-refractivity contribution >= 4 is 23.5 Å². The number of likely N-dealkylation sites (tertiary alicyclic amines) is 1. The molecule has 0 aliphatic carbocycles. The van der Waals surface area contributed by atoms with Gasteiger partial charge in [0.1, 0.15) is 5.60 Å². The van der Waals surface area contributed by atoms with Gasteiger partial charge in [-0.3, -0.25) is 0 Å². The summed E-state index contributed by atoms with van der Waals surface area (Å²) in [6, 6.07) is 6.57. The number of piperidine rings is 1. The Hall–Kier alpha value is -2.44. The zero-order chi connectivity index (χ0) is 17.7. The van der Waals surface area contributed by atoms with Crippen LogP contribution in [-0.4, -0.2) is 41.8 Å². The van der Waals surface area contributed by atoms with Crippen molar-refractivity contribution in [1.29, 1.82) is 0 Å². The van der Waals surface area contributed by atoms with E-state index in [2.05, 4.69) is 10.6 Å². The van der Waals surface area contributed by atoms with Gasteiger partial charge in [-0.2, -0.15) is 0 Å². The van der Waals surface area contributed by atoms with Crippen molar-refractivity contribution in [3.8, 4) is 0 Å². The van der Waals surface area contributed by atoms with E-state index >= 15 is 0 Å². The van der Waals surface area contributed by atoms with Crippen LogP contribution < -0.4 is 16.4 Å². The van der Waals surface area contributed by atoms with Gasteiger partial charge in [0.15, 0.2) is 0 Å². The maximum Gasteiger partial charge on any atom is 0.410 e. The average Bonchev–Trinajstić information content (AvgIpc) is 2.45. The molecule has 0 radical (unpaired) electrons. The third kappa shape index (κ3) is 5.64. The van der Waals surface area contributed by atoms with Crippen molar-refractivity contribution in [3.63, 3.8) is 0 Å². The summed E-state index contributed by atoms with van der Waals surface area (Å²) in [4.78, 5) is 25.9. The molecule has 1 aromatic carbocycles. The minimum Gasteiger partial charge on any atom is -0.444 e. The molecule has 1 aromatic rings. The quantitative estimate of drug-likeness (QED) is 0.725. The van der Waals surface area contributed by atoms with Gasteiger partial charge in [0, 0.05) is 30.5 Å². The van der Waals surface area contributed by atoms with Crippen molar-refractivity contribution in [2.75, 3.05) is 24.1 Å². The van der Waals surface area contributed by atoms with Crippen LogP contribution in [0.25, 0.3) is 0 Å². The Morgan fingerprint density at radius 3 is 2.75 bits per heavy atom. The number of hydrogen-bond acceptors (Lipinski definition) is 4. The smallest absolute Gasteiger partial charge is 0.410 e. The number of nitrogens with one attached hydrogen (secondary N) is 2. The standard InChI is InChI=1S/C17H26N4O3/c1-17(2,3)24-16(23)21-9-5-8-14(11-21)20-15(22)19-13-7-4-6-12(18)10-13/h4,6-7,10,14H,5,8-9,11,18H2,1-3H3,(H2,19,20,22). The molecule has 1 unspecified atom stereocenters. The summed E-state index contributed by atoms with van der Waals surface area (Å²) >= 11 is 0. The Bertz CT molecular complexity index is 598. The molecule has 1 aliphatic rings. The van der Waals surface area contributed by atoms with Crippen LogP contribution in [0.4, 0.5) is 21.0 Å². The number of nitrogens with two attached hydrogens (primary N) is 1. The first-order chi connectivity index (χ1) is 11.2. The van der Waals surface area contributed by atoms with Gasteiger partial charge < -0.3 is 26.0 Å². The second-order valence-corrected chi connectivity index (χ2v) is 6.99. The van der Waals surface area contributed by atoms with Crippen LogP contribution in [0.5, 0.6) is 0 Å². The molecule has 1 fully saturated rings. The number of carbonyl (C=O) groups excluding carboxylic acids is 2. The van der Waals surface area contributed by atoms with E-state index in [1.54, 1.807) is 29.2 Å². The molecule has 0 spiro atoms. The number of urea groups is 1. The third-order valence-electron chi connectivity index (χ3n) is 3.55. The highest BCUT2D eigenvalue weighted by Gasteiger charge is 2.28. The molecular formula is C17H26N4O3. The van der Waals surface area contributed by atoms with Crippen LogP contribution in [-0.2, 0) is 4.74 Å². The Labute approximate surface area is 142 Å². The van der Waals surface area contributed by atoms with Gasteiger partial charge >= 0.3 is 12.1 Å². The molecule has 0 saturated carbocycles. The van der Waals surface area contributed by atoms with E-state index in [-0.39, 0.29) is 18.2 Å². The number of anilines is 2. The van der Waals surface area contributed by atoms with Crippen molar-refractivity contribution in [3.05, 3.63) is 24.3 Å². The van der Waals surface area contributed by atoms with Crippen LogP contribution in [0.15, 0.2) is 24.3 Å². The number of carbonyl (C=O) groups is 2. The van der Waals surface area contributed by atoms with Gasteiger partial charge in [0.05, 0.1) is 0 Å². The number of nitrogen functional groups attached to an aromatic ring is 1. The van der Waals surface area contributed by atoms with Gasteiger partial charge in [-0.1, -0.05) is 6.07 Å². The first-order valence-corrected chi connectivity index (χ1v) is 8.14. The summed E-state index contributed by atoms with van der Waals surface area (Å²) in [7, 11) is 0. The molecule has 24 heavy (non-hydrogen) atoms. The fraction of sp³-hybridized carbons (Fsp3) is 0.529. The van der Waals surface area contributed by atoms with Crippen LogP contribution in [0.2, 0.25) is 0 Å². The lowest BCUT2D eigenvalue weighted by Gasteiger charge is -2.34. The minimum absolute atomic E-state index is 0.104. The van der Waals surface area contributed by atoms with Crippen LogP contribution in [0, 0.1) is 0 Å². The second-order valence-electron chi connectivity index (χ2n) is 6.99. The van der Waals surface area contributed by atoms with E-state index in [1.165, 1.54) is 0 Å². The molecule has 3 amide bonds. The predicted molar refractivity (Wildman–Crippen MR) is 93.8 cm³/mol. The van der Waals surface area contributed by atoms with Crippen molar-refractivity contribution in [1.82, 2.24) is 10.2 Å². The highest BCUT2D eigenvalue weighted by Crippen LogP contribution is 2.16. The molecule has 0 bridgehead atoms. The van der Waals surface area contributed by atoms with Crippen molar-refractivity contribution in [2.24, 2.45) is 0 Å². The summed E-state index contributed by atoms with van der Waals surface area (Å²) < 4.78 is 5.38. The molecule has 1 aliphatic heterocycles. The van der Waals surface area contributed by atoms with Gasteiger partial charge in [-0.05, 0) is 51.8 Å². The molecule has 1 atom stereocenters. The Balaban J connectivity index is 1.86. The summed E-state index contributed by atoms with van der Waals surface area (Å²) in [5, 5.41) is 5.64. The molecule has 132 valence electrons. The lowest BCUT2D eigenvalue weighted by molar-refractivity contribution is 0.0191. The average molecular weight is 334 g/mol. The van der Waals surface area contributed by atoms with Crippen molar-refractivity contribution < 1.29 is 14.3 Å². The zero-order valence-corrected chi connectivity index (χ0v) is 14.5. The lowest BCUT2D eigenvalue weighted by Crippen LogP contribution is -2.51. The largest absolute Gasteiger partial charge is 0.444 e. The number of rotatable bonds is 2. The summed E-state index contributed by atoms with van der Waals surface area (Å²) in [5.41, 5.74) is 6.38. The molecule has 4 N–H and O–H groups in total. The summed E-state index contributed by atoms with van der Waals surface area (Å²) in [5.74, 6) is 0. The SMILES string of the molecule is CC(C)(C)OC(=O)N1CCCC(NC(=O)Nc2cccc(N)c2)C1. The molecule has 1 saturated heterocycles. The van der Waals surface area contributed by atoms with E-state index in [0.717, 1.165) is 12.8 Å². The summed E-state index contributed by atoms with van der Waals surface area (Å²) in [6.07, 6.45) is 1.30. The monoisotopic (exact) mass is 334 g/mol. The number of nitrogens with zero attached hydrogens (tertiary/aromatic N) is 1. The zero-order valence-electron chi connectivity index (χ0n) is 14.5. The Kier molecular flexibility index (Phi) is 5.54. The first-order valence-electron chi connectivity index (χ1n) is 8.14. The highest BCUT2D eigenvalue weighted by atomic mass is 16.6. The normalized spacial score (nSPS) is 18.0. The number of ether oxygens (including phenoxy) is 1.